The van der Waals surface area contributed by atoms with Gasteiger partial charge in [0.05, 0.1) is 33.0 Å². The minimum Gasteiger partial charge on any atom is -0.491 e. The first kappa shape index (κ1) is 18.5. The van der Waals surface area contributed by atoms with Gasteiger partial charge in [-0.05, 0) is 13.0 Å². The number of Topliss-reactive ketones (excluding diaryl/α,β-unsaturated/α-hetero) is 1. The highest BCUT2D eigenvalue weighted by atomic mass is 16.6. The Bertz CT molecular complexity index is 425. The van der Waals surface area contributed by atoms with Crippen LogP contribution in [0.4, 0.5) is 0 Å². The Balaban J connectivity index is 2.06. The van der Waals surface area contributed by atoms with E-state index in [1.807, 2.05) is 13.8 Å². The molecule has 6 heteroatoms. The topological polar surface area (TPSA) is 66.9 Å². The number of carbonyl (C=O) groups is 1. The van der Waals surface area contributed by atoms with Crippen molar-refractivity contribution >= 4 is 5.78 Å². The molecule has 1 rings (SSSR count). The molecule has 0 saturated carbocycles. The second-order valence-electron chi connectivity index (χ2n) is 4.42. The van der Waals surface area contributed by atoms with Gasteiger partial charge < -0.3 is 18.9 Å². The van der Waals surface area contributed by atoms with Crippen molar-refractivity contribution in [1.29, 1.82) is 0 Å². The van der Waals surface area contributed by atoms with Crippen LogP contribution in [0, 0.1) is 0 Å². The molecule has 1 aromatic heterocycles. The molecule has 6 nitrogen and oxygen atoms in total. The zero-order valence-corrected chi connectivity index (χ0v) is 13.4. The molecule has 0 N–H and O–H groups in total. The average molecular weight is 311 g/mol. The summed E-state index contributed by atoms with van der Waals surface area (Å²) in [5.74, 6) is 0.634. The van der Waals surface area contributed by atoms with Gasteiger partial charge in [0.25, 0.3) is 0 Å². The molecule has 0 aliphatic heterocycles. The quantitative estimate of drug-likeness (QED) is 0.411. The van der Waals surface area contributed by atoms with Gasteiger partial charge in [-0.3, -0.25) is 9.78 Å². The lowest BCUT2D eigenvalue weighted by Gasteiger charge is -2.08. The Kier molecular flexibility index (Phi) is 10.2. The van der Waals surface area contributed by atoms with Crippen LogP contribution in [-0.4, -0.2) is 57.0 Å². The Labute approximate surface area is 131 Å². The molecule has 0 radical (unpaired) electrons. The molecule has 0 bridgehead atoms. The Morgan fingerprint density at radius 3 is 2.27 bits per heavy atom. The fourth-order valence-corrected chi connectivity index (χ4v) is 1.64. The maximum atomic E-state index is 11.5. The molecule has 1 aromatic rings. The highest BCUT2D eigenvalue weighted by Crippen LogP contribution is 2.12. The first-order valence-electron chi connectivity index (χ1n) is 7.63. The van der Waals surface area contributed by atoms with Crippen LogP contribution in [0.25, 0.3) is 0 Å². The second kappa shape index (κ2) is 12.1. The molecule has 0 aliphatic carbocycles. The minimum atomic E-state index is 0.00546. The van der Waals surface area contributed by atoms with Crippen molar-refractivity contribution in [1.82, 2.24) is 4.98 Å². The molecular formula is C16H25NO5. The maximum Gasteiger partial charge on any atom is 0.181 e. The van der Waals surface area contributed by atoms with Crippen molar-refractivity contribution in [3.05, 3.63) is 24.0 Å². The van der Waals surface area contributed by atoms with Crippen LogP contribution in [0.15, 0.2) is 18.3 Å². The van der Waals surface area contributed by atoms with Crippen LogP contribution in [0.1, 0.15) is 30.8 Å². The predicted octanol–water partition coefficient (Wildman–Crippen LogP) is 2.12. The molecule has 0 saturated heterocycles. The van der Waals surface area contributed by atoms with Crippen molar-refractivity contribution in [3.8, 4) is 5.75 Å². The van der Waals surface area contributed by atoms with Gasteiger partial charge in [-0.15, -0.1) is 0 Å². The molecule has 1 heterocycles. The summed E-state index contributed by atoms with van der Waals surface area (Å²) >= 11 is 0. The van der Waals surface area contributed by atoms with Gasteiger partial charge in [-0.25, -0.2) is 0 Å². The fraction of sp³-hybridized carbons (Fsp3) is 0.625. The molecule has 124 valence electrons. The second-order valence-corrected chi connectivity index (χ2v) is 4.42. The van der Waals surface area contributed by atoms with Crippen LogP contribution in [0.3, 0.4) is 0 Å². The van der Waals surface area contributed by atoms with E-state index in [-0.39, 0.29) is 5.78 Å². The van der Waals surface area contributed by atoms with Crippen molar-refractivity contribution in [3.63, 3.8) is 0 Å². The number of nitrogens with zero attached hydrogens (tertiary/aromatic N) is 1. The van der Waals surface area contributed by atoms with Gasteiger partial charge in [0.15, 0.2) is 5.78 Å². The normalized spacial score (nSPS) is 10.6. The number of hydrogen-bond acceptors (Lipinski definition) is 6. The molecule has 0 amide bonds. The Hall–Kier alpha value is -1.50. The summed E-state index contributed by atoms with van der Waals surface area (Å²) in [6, 6.07) is 3.38. The number of hydrogen-bond donors (Lipinski definition) is 0. The third kappa shape index (κ3) is 8.07. The number of carbonyl (C=O) groups excluding carboxylic acids is 1. The highest BCUT2D eigenvalue weighted by Gasteiger charge is 2.05. The lowest BCUT2D eigenvalue weighted by Crippen LogP contribution is -2.13. The lowest BCUT2D eigenvalue weighted by molar-refractivity contribution is 0.0114. The van der Waals surface area contributed by atoms with E-state index in [1.165, 1.54) is 0 Å². The van der Waals surface area contributed by atoms with Gasteiger partial charge in [0, 0.05) is 25.3 Å². The summed E-state index contributed by atoms with van der Waals surface area (Å²) in [4.78, 5) is 15.6. The molecule has 0 atom stereocenters. The summed E-state index contributed by atoms with van der Waals surface area (Å²) in [5, 5.41) is 0. The van der Waals surface area contributed by atoms with Crippen LogP contribution < -0.4 is 4.74 Å². The standard InChI is InChI=1S/C16H25NO5/c1-3-16(18)15-13-14(5-6-17-15)22-12-11-21-10-9-20-8-7-19-4-2/h5-6,13H,3-4,7-12H2,1-2H3. The summed E-state index contributed by atoms with van der Waals surface area (Å²) in [5.41, 5.74) is 0.434. The first-order chi connectivity index (χ1) is 10.8. The van der Waals surface area contributed by atoms with Crippen LogP contribution in [0.5, 0.6) is 5.75 Å². The van der Waals surface area contributed by atoms with Crippen LogP contribution in [-0.2, 0) is 14.2 Å². The molecular weight excluding hydrogens is 286 g/mol. The minimum absolute atomic E-state index is 0.00546. The van der Waals surface area contributed by atoms with E-state index in [4.69, 9.17) is 18.9 Å². The average Bonchev–Trinajstić information content (AvgIpc) is 2.56. The molecule has 0 fully saturated rings. The predicted molar refractivity (Wildman–Crippen MR) is 82.5 cm³/mol. The number of pyridine rings is 1. The van der Waals surface area contributed by atoms with E-state index in [0.717, 1.165) is 0 Å². The van der Waals surface area contributed by atoms with Gasteiger partial charge in [-0.2, -0.15) is 0 Å². The SMILES string of the molecule is CCOCCOCCOCCOc1ccnc(C(=O)CC)c1. The van der Waals surface area contributed by atoms with E-state index < -0.39 is 0 Å². The zero-order chi connectivity index (χ0) is 16.0. The van der Waals surface area contributed by atoms with Crippen LogP contribution >= 0.6 is 0 Å². The van der Waals surface area contributed by atoms with Crippen LogP contribution in [0.2, 0.25) is 0 Å². The van der Waals surface area contributed by atoms with E-state index in [0.29, 0.717) is 64.1 Å². The summed E-state index contributed by atoms with van der Waals surface area (Å²) in [6.45, 7) is 7.60. The van der Waals surface area contributed by atoms with E-state index in [9.17, 15) is 4.79 Å². The molecule has 0 spiro atoms. The molecule has 0 aliphatic rings. The molecule has 0 unspecified atom stereocenters. The Morgan fingerprint density at radius 2 is 1.64 bits per heavy atom. The number of ether oxygens (including phenoxy) is 4. The van der Waals surface area contributed by atoms with Crippen molar-refractivity contribution in [2.24, 2.45) is 0 Å². The van der Waals surface area contributed by atoms with Gasteiger partial charge in [0.2, 0.25) is 0 Å². The summed E-state index contributed by atoms with van der Waals surface area (Å²) in [7, 11) is 0. The third-order valence-corrected chi connectivity index (χ3v) is 2.78. The maximum absolute atomic E-state index is 11.5. The molecule has 22 heavy (non-hydrogen) atoms. The van der Waals surface area contributed by atoms with Gasteiger partial charge >= 0.3 is 0 Å². The fourth-order valence-electron chi connectivity index (χ4n) is 1.64. The van der Waals surface area contributed by atoms with E-state index in [2.05, 4.69) is 4.98 Å². The van der Waals surface area contributed by atoms with E-state index >= 15 is 0 Å². The van der Waals surface area contributed by atoms with Crippen molar-refractivity contribution in [2.45, 2.75) is 20.3 Å². The number of rotatable bonds is 13. The third-order valence-electron chi connectivity index (χ3n) is 2.78. The highest BCUT2D eigenvalue weighted by molar-refractivity contribution is 5.94. The van der Waals surface area contributed by atoms with Gasteiger partial charge in [0.1, 0.15) is 18.1 Å². The van der Waals surface area contributed by atoms with E-state index in [1.54, 1.807) is 18.3 Å². The largest absolute Gasteiger partial charge is 0.491 e. The van der Waals surface area contributed by atoms with Crippen molar-refractivity contribution < 1.29 is 23.7 Å². The number of aromatic nitrogens is 1. The summed E-state index contributed by atoms with van der Waals surface area (Å²) < 4.78 is 21.4. The Morgan fingerprint density at radius 1 is 1.00 bits per heavy atom. The summed E-state index contributed by atoms with van der Waals surface area (Å²) in [6.07, 6.45) is 2.01. The van der Waals surface area contributed by atoms with Gasteiger partial charge in [-0.1, -0.05) is 6.92 Å². The smallest absolute Gasteiger partial charge is 0.181 e. The zero-order valence-electron chi connectivity index (χ0n) is 13.4. The first-order valence-corrected chi connectivity index (χ1v) is 7.63. The number of ketones is 1. The monoisotopic (exact) mass is 311 g/mol. The lowest BCUT2D eigenvalue weighted by atomic mass is 10.2. The molecule has 0 aromatic carbocycles. The van der Waals surface area contributed by atoms with Crippen molar-refractivity contribution in [2.75, 3.05) is 46.2 Å².